The lowest BCUT2D eigenvalue weighted by Crippen LogP contribution is -2.01. The zero-order chi connectivity index (χ0) is 15.8. The van der Waals surface area contributed by atoms with Crippen LogP contribution in [-0.2, 0) is 13.0 Å². The van der Waals surface area contributed by atoms with Gasteiger partial charge in [-0.25, -0.2) is 0 Å². The zero-order valence-corrected chi connectivity index (χ0v) is 13.0. The summed E-state index contributed by atoms with van der Waals surface area (Å²) in [7, 11) is 3.22. The average molecular weight is 302 g/mol. The summed E-state index contributed by atoms with van der Waals surface area (Å²) in [6.07, 6.45) is 1.47. The molecular weight excluding hydrogens is 280 g/mol. The molecule has 0 aromatic heterocycles. The van der Waals surface area contributed by atoms with Gasteiger partial charge in [0.05, 0.1) is 14.2 Å². The molecule has 0 aliphatic rings. The lowest BCUT2D eigenvalue weighted by Gasteiger charge is -2.16. The Bertz CT molecular complexity index is 556. The van der Waals surface area contributed by atoms with Gasteiger partial charge in [-0.3, -0.25) is 0 Å². The fourth-order valence-corrected chi connectivity index (χ4v) is 2.23. The lowest BCUT2D eigenvalue weighted by molar-refractivity contribution is 0.265. The van der Waals surface area contributed by atoms with E-state index in [0.717, 1.165) is 17.5 Å². The van der Waals surface area contributed by atoms with E-state index in [0.29, 0.717) is 30.3 Å². The zero-order valence-electron chi connectivity index (χ0n) is 13.0. The summed E-state index contributed by atoms with van der Waals surface area (Å²) in [6, 6.07) is 13.8. The topological polar surface area (TPSA) is 47.9 Å². The number of hydrogen-bond donors (Lipinski definition) is 1. The van der Waals surface area contributed by atoms with Crippen molar-refractivity contribution in [3.63, 3.8) is 0 Å². The Labute approximate surface area is 131 Å². The van der Waals surface area contributed by atoms with Crippen LogP contribution in [0.25, 0.3) is 0 Å². The second kappa shape index (κ2) is 8.29. The van der Waals surface area contributed by atoms with Crippen LogP contribution in [-0.4, -0.2) is 25.9 Å². The molecule has 22 heavy (non-hydrogen) atoms. The molecule has 1 N–H and O–H groups in total. The van der Waals surface area contributed by atoms with E-state index < -0.39 is 0 Å². The maximum atomic E-state index is 8.96. The number of aliphatic hydroxyl groups is 1. The molecule has 0 radical (unpaired) electrons. The summed E-state index contributed by atoms with van der Waals surface area (Å²) < 4.78 is 16.8. The second-order valence-electron chi connectivity index (χ2n) is 4.93. The SMILES string of the molecule is COc1cc(CCCO)cc(OC)c1OCc1ccccc1. The first-order chi connectivity index (χ1) is 10.8. The Hall–Kier alpha value is -2.20. The Morgan fingerprint density at radius 1 is 0.909 bits per heavy atom. The molecule has 0 heterocycles. The van der Waals surface area contributed by atoms with Gasteiger partial charge < -0.3 is 19.3 Å². The molecule has 0 amide bonds. The fourth-order valence-electron chi connectivity index (χ4n) is 2.23. The van der Waals surface area contributed by atoms with Gasteiger partial charge in [0, 0.05) is 6.61 Å². The van der Waals surface area contributed by atoms with Crippen LogP contribution in [0.5, 0.6) is 17.2 Å². The highest BCUT2D eigenvalue weighted by Crippen LogP contribution is 2.39. The van der Waals surface area contributed by atoms with Gasteiger partial charge in [-0.15, -0.1) is 0 Å². The smallest absolute Gasteiger partial charge is 0.203 e. The molecule has 0 fully saturated rings. The number of aryl methyl sites for hydroxylation is 1. The highest BCUT2D eigenvalue weighted by atomic mass is 16.5. The normalized spacial score (nSPS) is 10.3. The van der Waals surface area contributed by atoms with E-state index in [1.54, 1.807) is 14.2 Å². The summed E-state index contributed by atoms with van der Waals surface area (Å²) in [5.41, 5.74) is 2.13. The van der Waals surface area contributed by atoms with E-state index in [4.69, 9.17) is 19.3 Å². The molecule has 2 aromatic carbocycles. The minimum atomic E-state index is 0.164. The molecular formula is C18H22O4. The van der Waals surface area contributed by atoms with Gasteiger partial charge in [-0.2, -0.15) is 0 Å². The number of methoxy groups -OCH3 is 2. The molecule has 2 aromatic rings. The van der Waals surface area contributed by atoms with Crippen LogP contribution >= 0.6 is 0 Å². The van der Waals surface area contributed by atoms with Crippen molar-refractivity contribution >= 4 is 0 Å². The minimum absolute atomic E-state index is 0.164. The van der Waals surface area contributed by atoms with Crippen molar-refractivity contribution in [2.24, 2.45) is 0 Å². The summed E-state index contributed by atoms with van der Waals surface area (Å²) >= 11 is 0. The monoisotopic (exact) mass is 302 g/mol. The Morgan fingerprint density at radius 3 is 2.09 bits per heavy atom. The largest absolute Gasteiger partial charge is 0.493 e. The first-order valence-corrected chi connectivity index (χ1v) is 7.31. The van der Waals surface area contributed by atoms with Crippen LogP contribution in [0.1, 0.15) is 17.5 Å². The molecule has 4 nitrogen and oxygen atoms in total. The van der Waals surface area contributed by atoms with E-state index in [-0.39, 0.29) is 6.61 Å². The van der Waals surface area contributed by atoms with Gasteiger partial charge in [0.2, 0.25) is 5.75 Å². The minimum Gasteiger partial charge on any atom is -0.493 e. The summed E-state index contributed by atoms with van der Waals surface area (Å²) in [4.78, 5) is 0. The molecule has 0 atom stereocenters. The van der Waals surface area contributed by atoms with Gasteiger partial charge in [0.15, 0.2) is 11.5 Å². The molecule has 0 saturated heterocycles. The summed E-state index contributed by atoms with van der Waals surface area (Å²) in [5, 5.41) is 8.96. The second-order valence-corrected chi connectivity index (χ2v) is 4.93. The molecule has 118 valence electrons. The predicted molar refractivity (Wildman–Crippen MR) is 85.7 cm³/mol. The van der Waals surface area contributed by atoms with E-state index in [9.17, 15) is 0 Å². The fraction of sp³-hybridized carbons (Fsp3) is 0.333. The Balaban J connectivity index is 2.21. The van der Waals surface area contributed by atoms with Crippen molar-refractivity contribution in [2.45, 2.75) is 19.4 Å². The van der Waals surface area contributed by atoms with Gasteiger partial charge in [-0.1, -0.05) is 30.3 Å². The highest BCUT2D eigenvalue weighted by Gasteiger charge is 2.14. The maximum absolute atomic E-state index is 8.96. The van der Waals surface area contributed by atoms with Crippen molar-refractivity contribution in [3.05, 3.63) is 53.6 Å². The molecule has 0 saturated carbocycles. The van der Waals surface area contributed by atoms with Crippen LogP contribution in [0.15, 0.2) is 42.5 Å². The molecule has 2 rings (SSSR count). The first-order valence-electron chi connectivity index (χ1n) is 7.31. The predicted octanol–water partition coefficient (Wildman–Crippen LogP) is 3.21. The third-order valence-electron chi connectivity index (χ3n) is 3.37. The van der Waals surface area contributed by atoms with E-state index >= 15 is 0 Å². The molecule has 0 aliphatic carbocycles. The third-order valence-corrected chi connectivity index (χ3v) is 3.37. The van der Waals surface area contributed by atoms with E-state index in [1.807, 2.05) is 42.5 Å². The van der Waals surface area contributed by atoms with Crippen molar-refractivity contribution in [1.29, 1.82) is 0 Å². The number of rotatable bonds is 8. The third kappa shape index (κ3) is 4.15. The van der Waals surface area contributed by atoms with E-state index in [2.05, 4.69) is 0 Å². The number of benzene rings is 2. The van der Waals surface area contributed by atoms with E-state index in [1.165, 1.54) is 0 Å². The number of hydrogen-bond acceptors (Lipinski definition) is 4. The Kier molecular flexibility index (Phi) is 6.10. The van der Waals surface area contributed by atoms with Crippen LogP contribution in [0.4, 0.5) is 0 Å². The van der Waals surface area contributed by atoms with Crippen molar-refractivity contribution < 1.29 is 19.3 Å². The van der Waals surface area contributed by atoms with Crippen molar-refractivity contribution in [3.8, 4) is 17.2 Å². The van der Waals surface area contributed by atoms with Gasteiger partial charge in [0.1, 0.15) is 6.61 Å². The van der Waals surface area contributed by atoms with Crippen LogP contribution in [0.3, 0.4) is 0 Å². The van der Waals surface area contributed by atoms with Crippen molar-refractivity contribution in [2.75, 3.05) is 20.8 Å². The molecule has 0 spiro atoms. The Morgan fingerprint density at radius 2 is 1.55 bits per heavy atom. The standard InChI is InChI=1S/C18H22O4/c1-20-16-11-15(9-6-10-19)12-17(21-2)18(16)22-13-14-7-4-3-5-8-14/h3-5,7-8,11-12,19H,6,9-10,13H2,1-2H3. The number of ether oxygens (including phenoxy) is 3. The summed E-state index contributed by atoms with van der Waals surface area (Å²) in [5.74, 6) is 1.88. The summed E-state index contributed by atoms with van der Waals surface area (Å²) in [6.45, 7) is 0.612. The van der Waals surface area contributed by atoms with Gasteiger partial charge in [0.25, 0.3) is 0 Å². The maximum Gasteiger partial charge on any atom is 0.203 e. The van der Waals surface area contributed by atoms with Gasteiger partial charge >= 0.3 is 0 Å². The van der Waals surface area contributed by atoms with Crippen LogP contribution in [0.2, 0.25) is 0 Å². The quantitative estimate of drug-likeness (QED) is 0.813. The average Bonchev–Trinajstić information content (AvgIpc) is 2.58. The van der Waals surface area contributed by atoms with Gasteiger partial charge in [-0.05, 0) is 36.1 Å². The van der Waals surface area contributed by atoms with Crippen LogP contribution < -0.4 is 14.2 Å². The van der Waals surface area contributed by atoms with Crippen molar-refractivity contribution in [1.82, 2.24) is 0 Å². The van der Waals surface area contributed by atoms with Crippen LogP contribution in [0, 0.1) is 0 Å². The molecule has 4 heteroatoms. The number of aliphatic hydroxyl groups excluding tert-OH is 1. The molecule has 0 bridgehead atoms. The lowest BCUT2D eigenvalue weighted by atomic mass is 10.1. The molecule has 0 aliphatic heterocycles. The first kappa shape index (κ1) is 16.2. The molecule has 0 unspecified atom stereocenters. The highest BCUT2D eigenvalue weighted by molar-refractivity contribution is 5.54.